The fourth-order valence-corrected chi connectivity index (χ4v) is 4.60. The number of carbonyl (C=O) groups is 1. The van der Waals surface area contributed by atoms with Gasteiger partial charge in [-0.2, -0.15) is 4.98 Å². The Kier molecular flexibility index (Phi) is 6.00. The van der Waals surface area contributed by atoms with E-state index in [1.165, 1.54) is 0 Å². The van der Waals surface area contributed by atoms with Gasteiger partial charge in [-0.3, -0.25) is 4.79 Å². The molecule has 8 heteroatoms. The number of nitrogens with zero attached hydrogens (tertiary/aromatic N) is 4. The largest absolute Gasteiger partial charge is 0.497 e. The zero-order valence-electron chi connectivity index (χ0n) is 19.1. The van der Waals surface area contributed by atoms with Crippen LogP contribution in [-0.4, -0.2) is 60.5 Å². The highest BCUT2D eigenvalue weighted by Gasteiger charge is 2.33. The predicted molar refractivity (Wildman–Crippen MR) is 127 cm³/mol. The molecule has 0 saturated carbocycles. The molecule has 3 heterocycles. The van der Waals surface area contributed by atoms with Crippen LogP contribution in [0.15, 0.2) is 47.1 Å². The van der Waals surface area contributed by atoms with Gasteiger partial charge in [0.25, 0.3) is 0 Å². The Morgan fingerprint density at radius 2 is 1.88 bits per heavy atom. The molecule has 172 valence electrons. The van der Waals surface area contributed by atoms with Gasteiger partial charge in [-0.1, -0.05) is 6.92 Å². The highest BCUT2D eigenvalue weighted by Crippen LogP contribution is 2.36. The Balaban J connectivity index is 1.50. The lowest BCUT2D eigenvalue weighted by Crippen LogP contribution is -2.47. The molecule has 1 saturated heterocycles. The smallest absolute Gasteiger partial charge is 0.227 e. The van der Waals surface area contributed by atoms with Crippen LogP contribution < -0.4 is 15.0 Å². The highest BCUT2D eigenvalue weighted by molar-refractivity contribution is 6.03. The van der Waals surface area contributed by atoms with E-state index in [1.54, 1.807) is 13.4 Å². The van der Waals surface area contributed by atoms with Crippen molar-refractivity contribution in [3.05, 3.63) is 59.7 Å². The summed E-state index contributed by atoms with van der Waals surface area (Å²) in [7, 11) is 1.64. The lowest BCUT2D eigenvalue weighted by molar-refractivity contribution is 0.0959. The number of carbonyl (C=O) groups excluding carboxylic acids is 1. The van der Waals surface area contributed by atoms with Gasteiger partial charge >= 0.3 is 0 Å². The number of nitrogens with one attached hydrogen (secondary N) is 1. The summed E-state index contributed by atoms with van der Waals surface area (Å²) in [6.07, 6.45) is 2.69. The molecule has 1 atom stereocenters. The first-order valence-electron chi connectivity index (χ1n) is 11.5. The van der Waals surface area contributed by atoms with Crippen LogP contribution in [0.25, 0.3) is 0 Å². The lowest BCUT2D eigenvalue weighted by atomic mass is 9.84. The molecule has 0 radical (unpaired) electrons. The Hall–Kier alpha value is -3.39. The van der Waals surface area contributed by atoms with E-state index in [9.17, 15) is 4.79 Å². The van der Waals surface area contributed by atoms with Crippen molar-refractivity contribution in [3.63, 3.8) is 0 Å². The van der Waals surface area contributed by atoms with Crippen molar-refractivity contribution in [1.82, 2.24) is 14.9 Å². The van der Waals surface area contributed by atoms with Crippen LogP contribution in [0.4, 0.5) is 17.5 Å². The standard InChI is InChI=1S/C25H29N5O3/c1-3-29-10-12-30(13-11-29)25-27-20-15-17(22-5-4-14-33-22)16-21(31)23(20)24(28-25)26-18-6-8-19(32-2)9-7-18/h4-9,14,17H,3,10-13,15-16H2,1-2H3,(H,26,27,28). The number of benzene rings is 1. The minimum absolute atomic E-state index is 0.00600. The van der Waals surface area contributed by atoms with Gasteiger partial charge in [0, 0.05) is 50.6 Å². The normalized spacial score (nSPS) is 18.8. The number of Topliss-reactive ketones (excluding diaryl/α,β-unsaturated/α-hetero) is 1. The fraction of sp³-hybridized carbons (Fsp3) is 0.400. The fourth-order valence-electron chi connectivity index (χ4n) is 4.60. The van der Waals surface area contributed by atoms with Crippen molar-refractivity contribution in [1.29, 1.82) is 0 Å². The van der Waals surface area contributed by atoms with Gasteiger partial charge in [0.05, 0.1) is 24.6 Å². The summed E-state index contributed by atoms with van der Waals surface area (Å²) in [6, 6.07) is 11.4. The molecule has 1 fully saturated rings. The predicted octanol–water partition coefficient (Wildman–Crippen LogP) is 3.88. The molecule has 0 bridgehead atoms. The molecule has 33 heavy (non-hydrogen) atoms. The van der Waals surface area contributed by atoms with E-state index in [2.05, 4.69) is 22.0 Å². The molecule has 1 N–H and O–H groups in total. The molecule has 1 aliphatic carbocycles. The van der Waals surface area contributed by atoms with E-state index in [0.717, 1.165) is 55.6 Å². The molecule has 0 spiro atoms. The highest BCUT2D eigenvalue weighted by atomic mass is 16.5. The minimum Gasteiger partial charge on any atom is -0.497 e. The number of likely N-dealkylation sites (N-methyl/N-ethyl adjacent to an activating group) is 1. The second kappa shape index (κ2) is 9.23. The van der Waals surface area contributed by atoms with Crippen molar-refractivity contribution < 1.29 is 13.9 Å². The molecule has 2 aliphatic rings. The van der Waals surface area contributed by atoms with Gasteiger partial charge in [-0.25, -0.2) is 4.98 Å². The molecule has 1 unspecified atom stereocenters. The number of methoxy groups -OCH3 is 1. The number of fused-ring (bicyclic) bond motifs is 1. The van der Waals surface area contributed by atoms with Crippen LogP contribution in [0.5, 0.6) is 5.75 Å². The summed E-state index contributed by atoms with van der Waals surface area (Å²) in [5.74, 6) is 2.88. The number of ether oxygens (including phenoxy) is 1. The van der Waals surface area contributed by atoms with Crippen LogP contribution in [-0.2, 0) is 6.42 Å². The first-order chi connectivity index (χ1) is 16.1. The van der Waals surface area contributed by atoms with Crippen LogP contribution in [0.1, 0.15) is 41.1 Å². The third-order valence-corrected chi connectivity index (χ3v) is 6.52. The van der Waals surface area contributed by atoms with E-state index < -0.39 is 0 Å². The Morgan fingerprint density at radius 3 is 2.55 bits per heavy atom. The maximum atomic E-state index is 13.3. The van der Waals surface area contributed by atoms with E-state index >= 15 is 0 Å². The van der Waals surface area contributed by atoms with E-state index in [4.69, 9.17) is 19.1 Å². The zero-order chi connectivity index (χ0) is 22.8. The van der Waals surface area contributed by atoms with Gasteiger partial charge < -0.3 is 24.3 Å². The SMILES string of the molecule is CCN1CCN(c2nc3c(c(Nc4ccc(OC)cc4)n2)C(=O)CC(c2ccco2)C3)CC1. The first kappa shape index (κ1) is 21.5. The van der Waals surface area contributed by atoms with Crippen LogP contribution in [0, 0.1) is 0 Å². The third-order valence-electron chi connectivity index (χ3n) is 6.52. The topological polar surface area (TPSA) is 83.7 Å². The molecular formula is C25H29N5O3. The van der Waals surface area contributed by atoms with Crippen molar-refractivity contribution in [2.75, 3.05) is 50.1 Å². The van der Waals surface area contributed by atoms with E-state index in [1.807, 2.05) is 36.4 Å². The van der Waals surface area contributed by atoms with Crippen LogP contribution >= 0.6 is 0 Å². The van der Waals surface area contributed by atoms with E-state index in [0.29, 0.717) is 30.2 Å². The van der Waals surface area contributed by atoms with Crippen LogP contribution in [0.3, 0.4) is 0 Å². The number of anilines is 3. The van der Waals surface area contributed by atoms with Crippen molar-refractivity contribution in [2.24, 2.45) is 0 Å². The van der Waals surface area contributed by atoms with Gasteiger partial charge in [-0.05, 0) is 42.9 Å². The van der Waals surface area contributed by atoms with E-state index in [-0.39, 0.29) is 11.7 Å². The average molecular weight is 448 g/mol. The number of rotatable bonds is 6. The summed E-state index contributed by atoms with van der Waals surface area (Å²) >= 11 is 0. The van der Waals surface area contributed by atoms with Crippen LogP contribution in [0.2, 0.25) is 0 Å². The second-order valence-corrected chi connectivity index (χ2v) is 8.51. The Morgan fingerprint density at radius 1 is 1.09 bits per heavy atom. The second-order valence-electron chi connectivity index (χ2n) is 8.51. The first-order valence-corrected chi connectivity index (χ1v) is 11.5. The monoisotopic (exact) mass is 447 g/mol. The average Bonchev–Trinajstić information content (AvgIpc) is 3.39. The third kappa shape index (κ3) is 4.43. The molecular weight excluding hydrogens is 418 g/mol. The van der Waals surface area contributed by atoms with Gasteiger partial charge in [0.1, 0.15) is 17.3 Å². The van der Waals surface area contributed by atoms with Crippen molar-refractivity contribution >= 4 is 23.2 Å². The molecule has 1 aliphatic heterocycles. The number of piperazine rings is 1. The summed E-state index contributed by atoms with van der Waals surface area (Å²) in [6.45, 7) is 6.91. The maximum absolute atomic E-state index is 13.3. The number of aromatic nitrogens is 2. The molecule has 1 aromatic carbocycles. The quantitative estimate of drug-likeness (QED) is 0.610. The maximum Gasteiger partial charge on any atom is 0.227 e. The summed E-state index contributed by atoms with van der Waals surface area (Å²) in [5, 5.41) is 3.37. The number of furan rings is 1. The molecule has 3 aromatic rings. The molecule has 5 rings (SSSR count). The molecule has 2 aromatic heterocycles. The molecule has 8 nitrogen and oxygen atoms in total. The Labute approximate surface area is 193 Å². The van der Waals surface area contributed by atoms with Crippen molar-refractivity contribution in [2.45, 2.75) is 25.7 Å². The zero-order valence-corrected chi connectivity index (χ0v) is 19.1. The van der Waals surface area contributed by atoms with Gasteiger partial charge in [0.15, 0.2) is 5.78 Å². The summed E-state index contributed by atoms with van der Waals surface area (Å²) < 4.78 is 10.9. The van der Waals surface area contributed by atoms with Crippen molar-refractivity contribution in [3.8, 4) is 5.75 Å². The number of ketones is 1. The number of hydrogen-bond donors (Lipinski definition) is 1. The van der Waals surface area contributed by atoms with Gasteiger partial charge in [0.2, 0.25) is 5.95 Å². The summed E-state index contributed by atoms with van der Waals surface area (Å²) in [4.78, 5) is 27.7. The number of hydrogen-bond acceptors (Lipinski definition) is 8. The lowest BCUT2D eigenvalue weighted by Gasteiger charge is -2.35. The minimum atomic E-state index is -0.00600. The van der Waals surface area contributed by atoms with Gasteiger partial charge in [-0.15, -0.1) is 0 Å². The molecule has 0 amide bonds. The summed E-state index contributed by atoms with van der Waals surface area (Å²) in [5.41, 5.74) is 2.22. The Bertz CT molecular complexity index is 1110.